The van der Waals surface area contributed by atoms with E-state index in [1.54, 1.807) is 28.8 Å². The number of anilines is 1. The van der Waals surface area contributed by atoms with Crippen molar-refractivity contribution in [2.24, 2.45) is 0 Å². The summed E-state index contributed by atoms with van der Waals surface area (Å²) in [7, 11) is 0. The van der Waals surface area contributed by atoms with Crippen LogP contribution >= 0.6 is 11.8 Å². The molecule has 1 heterocycles. The molecule has 0 fully saturated rings. The molecule has 0 aromatic heterocycles. The van der Waals surface area contributed by atoms with Gasteiger partial charge >= 0.3 is 0 Å². The number of carbonyl (C=O) groups excluding carboxylic acids is 1. The summed E-state index contributed by atoms with van der Waals surface area (Å²) in [5.41, 5.74) is 0.996. The molecule has 4 heteroatoms. The molecule has 0 saturated heterocycles. The number of rotatable bonds is 1. The van der Waals surface area contributed by atoms with Crippen LogP contribution in [0.2, 0.25) is 0 Å². The van der Waals surface area contributed by atoms with Crippen molar-refractivity contribution in [3.05, 3.63) is 59.9 Å². The van der Waals surface area contributed by atoms with E-state index in [0.29, 0.717) is 6.54 Å². The molecule has 0 atom stereocenters. The minimum Gasteiger partial charge on any atom is -0.306 e. The van der Waals surface area contributed by atoms with E-state index in [0.717, 1.165) is 16.3 Å². The van der Waals surface area contributed by atoms with Gasteiger partial charge in [-0.2, -0.15) is 0 Å². The van der Waals surface area contributed by atoms with Crippen LogP contribution in [0.1, 0.15) is 10.4 Å². The summed E-state index contributed by atoms with van der Waals surface area (Å²) in [6.45, 7) is 0.606. The molecule has 0 radical (unpaired) electrons. The number of fused-ring (bicyclic) bond motifs is 1. The van der Waals surface area contributed by atoms with Crippen molar-refractivity contribution in [2.45, 2.75) is 4.90 Å². The first-order valence-corrected chi connectivity index (χ1v) is 7.04. The average Bonchev–Trinajstić information content (AvgIpc) is 2.46. The van der Waals surface area contributed by atoms with Gasteiger partial charge in [-0.05, 0) is 24.3 Å². The molecule has 19 heavy (non-hydrogen) atoms. The van der Waals surface area contributed by atoms with E-state index in [-0.39, 0.29) is 11.5 Å². The lowest BCUT2D eigenvalue weighted by Crippen LogP contribution is -2.35. The molecule has 1 aliphatic heterocycles. The second kappa shape index (κ2) is 5.05. The molecule has 1 aliphatic rings. The van der Waals surface area contributed by atoms with E-state index >= 15 is 0 Å². The summed E-state index contributed by atoms with van der Waals surface area (Å²) in [6.07, 6.45) is 0. The van der Waals surface area contributed by atoms with Gasteiger partial charge in [0, 0.05) is 17.2 Å². The van der Waals surface area contributed by atoms with Crippen LogP contribution in [0.5, 0.6) is 0 Å². The van der Waals surface area contributed by atoms with Crippen LogP contribution < -0.4 is 4.90 Å². The Kier molecular flexibility index (Phi) is 3.25. The molecule has 3 rings (SSSR count). The van der Waals surface area contributed by atoms with Crippen LogP contribution in [-0.4, -0.2) is 18.2 Å². The molecule has 0 saturated carbocycles. The lowest BCUT2D eigenvalue weighted by atomic mass is 10.1. The van der Waals surface area contributed by atoms with E-state index in [2.05, 4.69) is 0 Å². The summed E-state index contributed by atoms with van der Waals surface area (Å²) in [4.78, 5) is 15.2. The highest BCUT2D eigenvalue weighted by atomic mass is 32.2. The zero-order chi connectivity index (χ0) is 13.2. The molecular weight excluding hydrogens is 261 g/mol. The van der Waals surface area contributed by atoms with Gasteiger partial charge in [-0.15, -0.1) is 11.8 Å². The Morgan fingerprint density at radius 1 is 1.11 bits per heavy atom. The van der Waals surface area contributed by atoms with Gasteiger partial charge in [0.25, 0.3) is 5.91 Å². The lowest BCUT2D eigenvalue weighted by Gasteiger charge is -2.29. The van der Waals surface area contributed by atoms with Crippen molar-refractivity contribution in [3.63, 3.8) is 0 Å². The third-order valence-corrected chi connectivity index (χ3v) is 4.12. The molecule has 2 aromatic carbocycles. The van der Waals surface area contributed by atoms with Crippen molar-refractivity contribution in [3.8, 4) is 0 Å². The van der Waals surface area contributed by atoms with Crippen LogP contribution in [0.15, 0.2) is 53.4 Å². The quantitative estimate of drug-likeness (QED) is 0.791. The SMILES string of the molecule is O=C(c1ccccc1F)N1CCSc2ccccc21. The minimum atomic E-state index is -0.469. The maximum absolute atomic E-state index is 13.7. The molecule has 0 unspecified atom stereocenters. The summed E-state index contributed by atoms with van der Waals surface area (Å²) in [6, 6.07) is 13.9. The van der Waals surface area contributed by atoms with Crippen LogP contribution in [-0.2, 0) is 0 Å². The summed E-state index contributed by atoms with van der Waals surface area (Å²) < 4.78 is 13.7. The van der Waals surface area contributed by atoms with Crippen LogP contribution in [0.25, 0.3) is 0 Å². The topological polar surface area (TPSA) is 20.3 Å². The molecule has 0 spiro atoms. The molecule has 2 nitrogen and oxygen atoms in total. The van der Waals surface area contributed by atoms with Crippen molar-refractivity contribution in [1.29, 1.82) is 0 Å². The minimum absolute atomic E-state index is 0.129. The van der Waals surface area contributed by atoms with Gasteiger partial charge in [0.2, 0.25) is 0 Å². The van der Waals surface area contributed by atoms with Gasteiger partial charge in [-0.3, -0.25) is 4.79 Å². The number of hydrogen-bond acceptors (Lipinski definition) is 2. The second-order valence-corrected chi connectivity index (χ2v) is 5.39. The predicted octanol–water partition coefficient (Wildman–Crippen LogP) is 3.58. The van der Waals surface area contributed by atoms with Crippen LogP contribution in [0, 0.1) is 5.82 Å². The highest BCUT2D eigenvalue weighted by Gasteiger charge is 2.25. The van der Waals surface area contributed by atoms with Crippen molar-refractivity contribution in [2.75, 3.05) is 17.2 Å². The van der Waals surface area contributed by atoms with Crippen LogP contribution in [0.4, 0.5) is 10.1 Å². The smallest absolute Gasteiger partial charge is 0.261 e. The number of hydrogen-bond donors (Lipinski definition) is 0. The van der Waals surface area contributed by atoms with E-state index in [4.69, 9.17) is 0 Å². The third kappa shape index (κ3) is 2.24. The van der Waals surface area contributed by atoms with Gasteiger partial charge in [0.15, 0.2) is 0 Å². The average molecular weight is 273 g/mol. The summed E-state index contributed by atoms with van der Waals surface area (Å²) in [5.74, 6) is 0.0889. The molecule has 0 bridgehead atoms. The monoisotopic (exact) mass is 273 g/mol. The number of para-hydroxylation sites is 1. The summed E-state index contributed by atoms with van der Waals surface area (Å²) in [5, 5.41) is 0. The van der Waals surface area contributed by atoms with Crippen molar-refractivity contribution < 1.29 is 9.18 Å². The Morgan fingerprint density at radius 3 is 2.68 bits per heavy atom. The van der Waals surface area contributed by atoms with Gasteiger partial charge in [0.05, 0.1) is 11.3 Å². The Hall–Kier alpha value is -1.81. The van der Waals surface area contributed by atoms with Gasteiger partial charge in [-0.25, -0.2) is 4.39 Å². The standard InChI is InChI=1S/C15H12FNOS/c16-12-6-2-1-5-11(12)15(18)17-9-10-19-14-8-4-3-7-13(14)17/h1-8H,9-10H2. The molecule has 0 aliphatic carbocycles. The zero-order valence-corrected chi connectivity index (χ0v) is 11.0. The maximum atomic E-state index is 13.7. The largest absolute Gasteiger partial charge is 0.306 e. The molecular formula is C15H12FNOS. The first-order chi connectivity index (χ1) is 9.27. The van der Waals surface area contributed by atoms with Gasteiger partial charge in [0.1, 0.15) is 5.82 Å². The highest BCUT2D eigenvalue weighted by Crippen LogP contribution is 2.35. The second-order valence-electron chi connectivity index (χ2n) is 4.25. The zero-order valence-electron chi connectivity index (χ0n) is 10.2. The van der Waals surface area contributed by atoms with Gasteiger partial charge in [-0.1, -0.05) is 24.3 Å². The molecule has 0 N–H and O–H groups in total. The van der Waals surface area contributed by atoms with E-state index < -0.39 is 5.82 Å². The molecule has 96 valence electrons. The fourth-order valence-corrected chi connectivity index (χ4v) is 3.16. The first kappa shape index (κ1) is 12.2. The lowest BCUT2D eigenvalue weighted by molar-refractivity contribution is 0.0984. The maximum Gasteiger partial charge on any atom is 0.261 e. The van der Waals surface area contributed by atoms with Gasteiger partial charge < -0.3 is 4.90 Å². The number of halogens is 1. The number of nitrogens with zero attached hydrogens (tertiary/aromatic N) is 1. The fourth-order valence-electron chi connectivity index (χ4n) is 2.16. The fraction of sp³-hybridized carbons (Fsp3) is 0.133. The number of amides is 1. The van der Waals surface area contributed by atoms with E-state index in [9.17, 15) is 9.18 Å². The van der Waals surface area contributed by atoms with E-state index in [1.165, 1.54) is 12.1 Å². The predicted molar refractivity (Wildman–Crippen MR) is 75.2 cm³/mol. The van der Waals surface area contributed by atoms with Crippen LogP contribution in [0.3, 0.4) is 0 Å². The molecule has 2 aromatic rings. The number of benzene rings is 2. The van der Waals surface area contributed by atoms with Crippen molar-refractivity contribution in [1.82, 2.24) is 0 Å². The number of thioether (sulfide) groups is 1. The third-order valence-electron chi connectivity index (χ3n) is 3.08. The Labute approximate surface area is 115 Å². The van der Waals surface area contributed by atoms with E-state index in [1.807, 2.05) is 24.3 Å². The summed E-state index contributed by atoms with van der Waals surface area (Å²) >= 11 is 1.72. The highest BCUT2D eigenvalue weighted by molar-refractivity contribution is 7.99. The Morgan fingerprint density at radius 2 is 1.84 bits per heavy atom. The Balaban J connectivity index is 2.00. The Bertz CT molecular complexity index is 629. The molecule has 1 amide bonds. The normalized spacial score (nSPS) is 14.1. The first-order valence-electron chi connectivity index (χ1n) is 6.05. The van der Waals surface area contributed by atoms with Crippen molar-refractivity contribution >= 4 is 23.4 Å². The number of carbonyl (C=O) groups is 1.